The summed E-state index contributed by atoms with van der Waals surface area (Å²) in [7, 11) is 1.58. The molecule has 0 spiro atoms. The fourth-order valence-corrected chi connectivity index (χ4v) is 4.44. The molecule has 3 aromatic rings. The fraction of sp³-hybridized carbons (Fsp3) is 0.0588. The second-order valence-electron chi connectivity index (χ2n) is 5.17. The minimum atomic E-state index is -0.402. The van der Waals surface area contributed by atoms with Crippen molar-refractivity contribution in [2.45, 2.75) is 0 Å². The van der Waals surface area contributed by atoms with Crippen molar-refractivity contribution < 1.29 is 9.53 Å². The first-order valence-electron chi connectivity index (χ1n) is 7.22. The lowest BCUT2D eigenvalue weighted by molar-refractivity contribution is 0.0982. The zero-order chi connectivity index (χ0) is 18.8. The van der Waals surface area contributed by atoms with Crippen LogP contribution < -0.4 is 15.4 Å². The molecule has 1 amide bonds. The van der Waals surface area contributed by atoms with Crippen molar-refractivity contribution in [3.8, 4) is 5.75 Å². The molecule has 1 aromatic heterocycles. The van der Waals surface area contributed by atoms with E-state index >= 15 is 0 Å². The molecule has 1 heterocycles. The van der Waals surface area contributed by atoms with Crippen LogP contribution in [0.1, 0.15) is 9.67 Å². The van der Waals surface area contributed by atoms with Crippen LogP contribution in [-0.2, 0) is 0 Å². The van der Waals surface area contributed by atoms with Crippen LogP contribution in [0.4, 0.5) is 5.69 Å². The van der Waals surface area contributed by atoms with Crippen LogP contribution in [0, 0.1) is 0 Å². The van der Waals surface area contributed by atoms with Gasteiger partial charge in [0.2, 0.25) is 0 Å². The van der Waals surface area contributed by atoms with E-state index in [-0.39, 0.29) is 5.11 Å². The number of hydrogen-bond acceptors (Lipinski definition) is 4. The number of benzene rings is 2. The average molecular weight is 446 g/mol. The SMILES string of the molecule is COc1ccc2c(Cl)c(C(=O)NC(=S)Nc3cc(Cl)cc(Cl)c3)sc2c1. The van der Waals surface area contributed by atoms with Gasteiger partial charge >= 0.3 is 0 Å². The van der Waals surface area contributed by atoms with Crippen LogP contribution in [0.5, 0.6) is 5.75 Å². The number of ether oxygens (including phenoxy) is 1. The maximum atomic E-state index is 12.5. The Morgan fingerprint density at radius 1 is 1.12 bits per heavy atom. The standard InChI is InChI=1S/C17H11Cl3N2O2S2/c1-24-11-2-3-12-13(7-11)26-15(14(12)20)16(23)22-17(25)21-10-5-8(18)4-9(19)6-10/h2-7H,1H3,(H2,21,22,23,25). The Kier molecular flexibility index (Phi) is 5.89. The van der Waals surface area contributed by atoms with Crippen LogP contribution >= 0.6 is 58.4 Å². The third-order valence-corrected chi connectivity index (χ3v) is 5.69. The van der Waals surface area contributed by atoms with E-state index in [9.17, 15) is 4.79 Å². The molecule has 0 bridgehead atoms. The van der Waals surface area contributed by atoms with Crippen molar-refractivity contribution in [1.82, 2.24) is 5.32 Å². The quantitative estimate of drug-likeness (QED) is 0.486. The fourth-order valence-electron chi connectivity index (χ4n) is 2.27. The van der Waals surface area contributed by atoms with Gasteiger partial charge in [-0.25, -0.2) is 0 Å². The number of thiocarbonyl (C=S) groups is 1. The highest BCUT2D eigenvalue weighted by molar-refractivity contribution is 7.80. The average Bonchev–Trinajstić information content (AvgIpc) is 2.90. The van der Waals surface area contributed by atoms with E-state index < -0.39 is 5.91 Å². The summed E-state index contributed by atoms with van der Waals surface area (Å²) in [5, 5.41) is 7.65. The number of anilines is 1. The first-order valence-corrected chi connectivity index (χ1v) is 9.57. The van der Waals surface area contributed by atoms with Crippen molar-refractivity contribution in [2.75, 3.05) is 12.4 Å². The second-order valence-corrected chi connectivity index (χ2v) is 7.88. The molecule has 0 aliphatic heterocycles. The van der Waals surface area contributed by atoms with E-state index in [0.29, 0.717) is 31.4 Å². The molecule has 4 nitrogen and oxygen atoms in total. The number of nitrogens with one attached hydrogen (secondary N) is 2. The Bertz CT molecular complexity index is 1000. The highest BCUT2D eigenvalue weighted by Gasteiger charge is 2.18. The van der Waals surface area contributed by atoms with E-state index in [4.69, 9.17) is 51.8 Å². The molecule has 2 aromatic carbocycles. The Hall–Kier alpha value is -1.57. The maximum Gasteiger partial charge on any atom is 0.269 e. The predicted molar refractivity (Wildman–Crippen MR) is 114 cm³/mol. The largest absolute Gasteiger partial charge is 0.497 e. The van der Waals surface area contributed by atoms with Gasteiger partial charge < -0.3 is 10.1 Å². The molecule has 3 rings (SSSR count). The molecule has 9 heteroatoms. The molecular formula is C17H11Cl3N2O2S2. The van der Waals surface area contributed by atoms with Crippen LogP contribution in [0.2, 0.25) is 15.1 Å². The van der Waals surface area contributed by atoms with Crippen LogP contribution in [0.25, 0.3) is 10.1 Å². The lowest BCUT2D eigenvalue weighted by Crippen LogP contribution is -2.33. The Balaban J connectivity index is 1.78. The number of carbonyl (C=O) groups excluding carboxylic acids is 1. The minimum Gasteiger partial charge on any atom is -0.497 e. The van der Waals surface area contributed by atoms with E-state index in [1.165, 1.54) is 11.3 Å². The van der Waals surface area contributed by atoms with Crippen LogP contribution in [0.3, 0.4) is 0 Å². The molecule has 0 radical (unpaired) electrons. The van der Waals surface area contributed by atoms with E-state index in [0.717, 1.165) is 10.1 Å². The number of rotatable bonds is 3. The number of hydrogen-bond donors (Lipinski definition) is 2. The van der Waals surface area contributed by atoms with Gasteiger partial charge in [0.05, 0.1) is 12.1 Å². The third-order valence-electron chi connectivity index (χ3n) is 3.39. The lowest BCUT2D eigenvalue weighted by atomic mass is 10.2. The minimum absolute atomic E-state index is 0.111. The van der Waals surface area contributed by atoms with Crippen molar-refractivity contribution in [1.29, 1.82) is 0 Å². The smallest absolute Gasteiger partial charge is 0.269 e. The lowest BCUT2D eigenvalue weighted by Gasteiger charge is -2.09. The number of amides is 1. The van der Waals surface area contributed by atoms with Crippen molar-refractivity contribution >= 4 is 85.2 Å². The number of halogens is 3. The summed E-state index contributed by atoms with van der Waals surface area (Å²) in [6.07, 6.45) is 0. The molecule has 0 saturated carbocycles. The number of carbonyl (C=O) groups is 1. The molecule has 0 aliphatic carbocycles. The normalized spacial score (nSPS) is 10.6. The van der Waals surface area contributed by atoms with Gasteiger partial charge in [0.25, 0.3) is 5.91 Å². The van der Waals surface area contributed by atoms with Crippen molar-refractivity contribution in [3.05, 3.63) is 56.3 Å². The molecule has 26 heavy (non-hydrogen) atoms. The highest BCUT2D eigenvalue weighted by atomic mass is 35.5. The van der Waals surface area contributed by atoms with Gasteiger partial charge in [-0.05, 0) is 48.6 Å². The molecule has 134 valence electrons. The van der Waals surface area contributed by atoms with Gasteiger partial charge in [-0.2, -0.15) is 0 Å². The Labute approximate surface area is 174 Å². The highest BCUT2D eigenvalue weighted by Crippen LogP contribution is 2.37. The first kappa shape index (κ1) is 19.2. The summed E-state index contributed by atoms with van der Waals surface area (Å²) in [5.41, 5.74) is 0.569. The van der Waals surface area contributed by atoms with E-state index in [1.54, 1.807) is 31.4 Å². The molecule has 0 aliphatic rings. The molecule has 0 fully saturated rings. The first-order chi connectivity index (χ1) is 12.4. The monoisotopic (exact) mass is 444 g/mol. The molecule has 0 unspecified atom stereocenters. The maximum absolute atomic E-state index is 12.5. The summed E-state index contributed by atoms with van der Waals surface area (Å²) in [5.74, 6) is 0.290. The van der Waals surface area contributed by atoms with Gasteiger partial charge in [-0.15, -0.1) is 11.3 Å². The van der Waals surface area contributed by atoms with E-state index in [1.807, 2.05) is 12.1 Å². The zero-order valence-corrected chi connectivity index (χ0v) is 17.1. The van der Waals surface area contributed by atoms with Crippen molar-refractivity contribution in [2.24, 2.45) is 0 Å². The summed E-state index contributed by atoms with van der Waals surface area (Å²) >= 11 is 24.7. The van der Waals surface area contributed by atoms with Crippen molar-refractivity contribution in [3.63, 3.8) is 0 Å². The van der Waals surface area contributed by atoms with Crippen LogP contribution in [-0.4, -0.2) is 18.1 Å². The second kappa shape index (κ2) is 7.98. The summed E-state index contributed by atoms with van der Waals surface area (Å²) in [6.45, 7) is 0. The van der Waals surface area contributed by atoms with Gasteiger partial charge in [0.15, 0.2) is 5.11 Å². The topological polar surface area (TPSA) is 50.4 Å². The molecule has 0 atom stereocenters. The Morgan fingerprint density at radius 3 is 2.46 bits per heavy atom. The van der Waals surface area contributed by atoms with Gasteiger partial charge in [-0.1, -0.05) is 34.8 Å². The third kappa shape index (κ3) is 4.22. The molecular weight excluding hydrogens is 435 g/mol. The molecule has 0 saturated heterocycles. The van der Waals surface area contributed by atoms with Gasteiger partial charge in [0, 0.05) is 25.8 Å². The number of thiophene rings is 1. The summed E-state index contributed by atoms with van der Waals surface area (Å²) in [4.78, 5) is 12.9. The van der Waals surface area contributed by atoms with Gasteiger partial charge in [-0.3, -0.25) is 10.1 Å². The number of methoxy groups -OCH3 is 1. The zero-order valence-electron chi connectivity index (χ0n) is 13.2. The van der Waals surface area contributed by atoms with E-state index in [2.05, 4.69) is 10.6 Å². The molecule has 2 N–H and O–H groups in total. The van der Waals surface area contributed by atoms with Crippen LogP contribution in [0.15, 0.2) is 36.4 Å². The Morgan fingerprint density at radius 2 is 1.81 bits per heavy atom. The summed E-state index contributed by atoms with van der Waals surface area (Å²) < 4.78 is 6.04. The van der Waals surface area contributed by atoms with Gasteiger partial charge in [0.1, 0.15) is 10.6 Å². The summed E-state index contributed by atoms with van der Waals surface area (Å²) in [6, 6.07) is 10.3. The predicted octanol–water partition coefficient (Wildman–Crippen LogP) is 6.00. The number of fused-ring (bicyclic) bond motifs is 1.